The van der Waals surface area contributed by atoms with Crippen LogP contribution in [0.4, 0.5) is 5.69 Å². The standard InChI is InChI=1S/C13H14Cl2N2O3S/c1-7-5-16(6-8(2)21-7)13(18)9-3-10(14)12(15)11(4-9)17(19)20/h3-4,7-8H,5-6H2,1-2H3. The van der Waals surface area contributed by atoms with Gasteiger partial charge in [0.1, 0.15) is 5.02 Å². The highest BCUT2D eigenvalue weighted by atomic mass is 35.5. The first-order chi connectivity index (χ1) is 9.79. The summed E-state index contributed by atoms with van der Waals surface area (Å²) in [7, 11) is 0. The Morgan fingerprint density at radius 1 is 1.33 bits per heavy atom. The van der Waals surface area contributed by atoms with Crippen molar-refractivity contribution in [1.29, 1.82) is 0 Å². The predicted octanol–water partition coefficient (Wildman–Crippen LogP) is 3.87. The zero-order valence-electron chi connectivity index (χ0n) is 11.5. The molecule has 1 amide bonds. The van der Waals surface area contributed by atoms with Crippen molar-refractivity contribution in [2.45, 2.75) is 24.3 Å². The monoisotopic (exact) mass is 348 g/mol. The molecule has 2 unspecified atom stereocenters. The van der Waals surface area contributed by atoms with E-state index < -0.39 is 4.92 Å². The summed E-state index contributed by atoms with van der Waals surface area (Å²) in [6.45, 7) is 5.33. The minimum atomic E-state index is -0.637. The fourth-order valence-corrected chi connectivity index (χ4v) is 4.07. The molecule has 114 valence electrons. The van der Waals surface area contributed by atoms with Gasteiger partial charge in [-0.15, -0.1) is 0 Å². The molecule has 1 aliphatic rings. The molecule has 0 saturated carbocycles. The Morgan fingerprint density at radius 3 is 2.43 bits per heavy atom. The molecule has 1 aliphatic heterocycles. The summed E-state index contributed by atoms with van der Waals surface area (Å²) in [5, 5.41) is 11.5. The molecule has 0 aliphatic carbocycles. The minimum absolute atomic E-state index is 0.0155. The lowest BCUT2D eigenvalue weighted by Gasteiger charge is -2.34. The van der Waals surface area contributed by atoms with Crippen LogP contribution in [-0.4, -0.2) is 39.3 Å². The Kier molecular flexibility index (Phi) is 5.01. The van der Waals surface area contributed by atoms with Gasteiger partial charge in [0.25, 0.3) is 11.6 Å². The van der Waals surface area contributed by atoms with Gasteiger partial charge in [-0.3, -0.25) is 14.9 Å². The third-order valence-electron chi connectivity index (χ3n) is 3.16. The number of amides is 1. The molecular weight excluding hydrogens is 335 g/mol. The average Bonchev–Trinajstić information content (AvgIpc) is 2.39. The molecule has 21 heavy (non-hydrogen) atoms. The van der Waals surface area contributed by atoms with Gasteiger partial charge in [0.15, 0.2) is 0 Å². The van der Waals surface area contributed by atoms with Crippen LogP contribution < -0.4 is 0 Å². The normalized spacial score (nSPS) is 22.2. The lowest BCUT2D eigenvalue weighted by Crippen LogP contribution is -2.44. The van der Waals surface area contributed by atoms with Crippen LogP contribution in [0.3, 0.4) is 0 Å². The fourth-order valence-electron chi connectivity index (χ4n) is 2.36. The molecule has 1 aromatic rings. The van der Waals surface area contributed by atoms with Crippen molar-refractivity contribution in [2.24, 2.45) is 0 Å². The first kappa shape index (κ1) is 16.4. The van der Waals surface area contributed by atoms with E-state index in [9.17, 15) is 14.9 Å². The Hall–Kier alpha value is -0.980. The van der Waals surface area contributed by atoms with Gasteiger partial charge >= 0.3 is 0 Å². The van der Waals surface area contributed by atoms with E-state index >= 15 is 0 Å². The van der Waals surface area contributed by atoms with E-state index in [0.29, 0.717) is 23.6 Å². The minimum Gasteiger partial charge on any atom is -0.336 e. The molecule has 2 rings (SSSR count). The molecule has 2 atom stereocenters. The highest BCUT2D eigenvalue weighted by Crippen LogP contribution is 2.34. The van der Waals surface area contributed by atoms with Crippen LogP contribution >= 0.6 is 35.0 Å². The lowest BCUT2D eigenvalue weighted by atomic mass is 10.1. The number of carbonyl (C=O) groups is 1. The molecule has 5 nitrogen and oxygen atoms in total. The third kappa shape index (κ3) is 3.62. The summed E-state index contributed by atoms with van der Waals surface area (Å²) in [6, 6.07) is 2.57. The number of carbonyl (C=O) groups excluding carboxylic acids is 1. The molecule has 0 aromatic heterocycles. The number of benzene rings is 1. The molecule has 8 heteroatoms. The zero-order valence-corrected chi connectivity index (χ0v) is 13.8. The lowest BCUT2D eigenvalue weighted by molar-refractivity contribution is -0.384. The maximum Gasteiger partial charge on any atom is 0.290 e. The van der Waals surface area contributed by atoms with E-state index in [1.807, 2.05) is 11.8 Å². The van der Waals surface area contributed by atoms with Gasteiger partial charge in [0.2, 0.25) is 0 Å². The second kappa shape index (κ2) is 6.42. The number of nitrogens with zero attached hydrogens (tertiary/aromatic N) is 2. The van der Waals surface area contributed by atoms with Gasteiger partial charge in [-0.25, -0.2) is 0 Å². The maximum absolute atomic E-state index is 12.5. The molecule has 0 radical (unpaired) electrons. The second-order valence-electron chi connectivity index (χ2n) is 5.02. The Bertz CT molecular complexity index is 587. The number of nitro groups is 1. The number of hydrogen-bond donors (Lipinski definition) is 0. The average molecular weight is 349 g/mol. The summed E-state index contributed by atoms with van der Waals surface area (Å²) >= 11 is 13.5. The van der Waals surface area contributed by atoms with E-state index in [4.69, 9.17) is 23.2 Å². The SMILES string of the molecule is CC1CN(C(=O)c2cc(Cl)c(Cl)c([N+](=O)[O-])c2)CC(C)S1. The molecular formula is C13H14Cl2N2O3S. The van der Waals surface area contributed by atoms with Crippen LogP contribution in [0.5, 0.6) is 0 Å². The van der Waals surface area contributed by atoms with Crippen molar-refractivity contribution in [3.63, 3.8) is 0 Å². The van der Waals surface area contributed by atoms with Gasteiger partial charge < -0.3 is 4.90 Å². The first-order valence-corrected chi connectivity index (χ1v) is 8.07. The summed E-state index contributed by atoms with van der Waals surface area (Å²) in [5.74, 6) is -0.254. The third-order valence-corrected chi connectivity index (χ3v) is 5.18. The topological polar surface area (TPSA) is 63.5 Å². The van der Waals surface area contributed by atoms with E-state index in [-0.39, 0.29) is 27.2 Å². The molecule has 0 N–H and O–H groups in total. The number of thioether (sulfide) groups is 1. The van der Waals surface area contributed by atoms with Crippen molar-refractivity contribution in [3.8, 4) is 0 Å². The molecule has 1 aromatic carbocycles. The number of nitro benzene ring substituents is 1. The molecule has 0 bridgehead atoms. The van der Waals surface area contributed by atoms with Crippen molar-refractivity contribution >= 4 is 46.6 Å². The van der Waals surface area contributed by atoms with Crippen molar-refractivity contribution in [3.05, 3.63) is 37.9 Å². The Balaban J connectivity index is 2.33. The van der Waals surface area contributed by atoms with Crippen LogP contribution in [-0.2, 0) is 0 Å². The molecule has 1 fully saturated rings. The van der Waals surface area contributed by atoms with Gasteiger partial charge in [-0.05, 0) is 6.07 Å². The number of halogens is 2. The van der Waals surface area contributed by atoms with Crippen molar-refractivity contribution in [2.75, 3.05) is 13.1 Å². The molecule has 1 saturated heterocycles. The first-order valence-electron chi connectivity index (χ1n) is 6.37. The van der Waals surface area contributed by atoms with E-state index in [1.54, 1.807) is 4.90 Å². The van der Waals surface area contributed by atoms with Crippen LogP contribution in [0.1, 0.15) is 24.2 Å². The van der Waals surface area contributed by atoms with Crippen molar-refractivity contribution in [1.82, 2.24) is 4.90 Å². The smallest absolute Gasteiger partial charge is 0.290 e. The van der Waals surface area contributed by atoms with Gasteiger partial charge in [0.05, 0.1) is 9.95 Å². The van der Waals surface area contributed by atoms with Gasteiger partial charge in [0, 0.05) is 35.2 Å². The summed E-state index contributed by atoms with van der Waals surface area (Å²) in [6.07, 6.45) is 0. The second-order valence-corrected chi connectivity index (χ2v) is 7.68. The molecule has 1 heterocycles. The molecule has 0 spiro atoms. The Labute approximate surface area is 136 Å². The summed E-state index contributed by atoms with van der Waals surface area (Å²) < 4.78 is 0. The Morgan fingerprint density at radius 2 is 1.90 bits per heavy atom. The predicted molar refractivity (Wildman–Crippen MR) is 85.5 cm³/mol. The zero-order chi connectivity index (χ0) is 15.7. The van der Waals surface area contributed by atoms with Crippen LogP contribution in [0.15, 0.2) is 12.1 Å². The van der Waals surface area contributed by atoms with Crippen LogP contribution in [0.25, 0.3) is 0 Å². The highest BCUT2D eigenvalue weighted by Gasteiger charge is 2.28. The van der Waals surface area contributed by atoms with Crippen molar-refractivity contribution < 1.29 is 9.72 Å². The number of rotatable bonds is 2. The van der Waals surface area contributed by atoms with Crippen LogP contribution in [0.2, 0.25) is 10.0 Å². The van der Waals surface area contributed by atoms with E-state index in [2.05, 4.69) is 13.8 Å². The quantitative estimate of drug-likeness (QED) is 0.601. The highest BCUT2D eigenvalue weighted by molar-refractivity contribution is 8.00. The van der Waals surface area contributed by atoms with Gasteiger partial charge in [-0.2, -0.15) is 11.8 Å². The van der Waals surface area contributed by atoms with Gasteiger partial charge in [-0.1, -0.05) is 37.0 Å². The largest absolute Gasteiger partial charge is 0.336 e. The summed E-state index contributed by atoms with van der Waals surface area (Å²) in [4.78, 5) is 24.6. The maximum atomic E-state index is 12.5. The van der Waals surface area contributed by atoms with E-state index in [0.717, 1.165) is 0 Å². The number of hydrogen-bond acceptors (Lipinski definition) is 4. The van der Waals surface area contributed by atoms with E-state index in [1.165, 1.54) is 12.1 Å². The summed E-state index contributed by atoms with van der Waals surface area (Å²) in [5.41, 5.74) is -0.151. The van der Waals surface area contributed by atoms with Crippen LogP contribution in [0, 0.1) is 10.1 Å². The fraction of sp³-hybridized carbons (Fsp3) is 0.462.